The van der Waals surface area contributed by atoms with Crippen molar-refractivity contribution in [2.45, 2.75) is 6.42 Å². The summed E-state index contributed by atoms with van der Waals surface area (Å²) in [6.07, 6.45) is 0.872. The first-order valence-corrected chi connectivity index (χ1v) is 6.97. The average Bonchev–Trinajstić information content (AvgIpc) is 2.39. The molecule has 1 rings (SSSR count). The van der Waals surface area contributed by atoms with Gasteiger partial charge in [0, 0.05) is 41.7 Å². The van der Waals surface area contributed by atoms with Gasteiger partial charge in [-0.05, 0) is 35.1 Å². The molecule has 0 atom stereocenters. The first kappa shape index (κ1) is 16.1. The van der Waals surface area contributed by atoms with Crippen LogP contribution in [0.1, 0.15) is 6.42 Å². The molecule has 6 nitrogen and oxygen atoms in total. The van der Waals surface area contributed by atoms with E-state index in [-0.39, 0.29) is 5.69 Å². The highest BCUT2D eigenvalue weighted by Crippen LogP contribution is 2.23. The zero-order valence-electron chi connectivity index (χ0n) is 10.7. The minimum absolute atomic E-state index is 0.109. The third kappa shape index (κ3) is 6.17. The van der Waals surface area contributed by atoms with Gasteiger partial charge in [-0.2, -0.15) is 0 Å². The van der Waals surface area contributed by atoms with Crippen molar-refractivity contribution >= 4 is 34.0 Å². The summed E-state index contributed by atoms with van der Waals surface area (Å²) in [6.45, 7) is 2.64. The van der Waals surface area contributed by atoms with Gasteiger partial charge in [-0.15, -0.1) is 0 Å². The third-order valence-corrected chi connectivity index (χ3v) is 3.27. The van der Waals surface area contributed by atoms with Gasteiger partial charge in [0.1, 0.15) is 0 Å². The Hall–Kier alpha value is -0.930. The molecule has 0 amide bonds. The van der Waals surface area contributed by atoms with Crippen molar-refractivity contribution in [1.29, 1.82) is 0 Å². The van der Waals surface area contributed by atoms with Crippen molar-refractivity contribution < 1.29 is 14.4 Å². The lowest BCUT2D eigenvalue weighted by Gasteiger charge is -2.08. The molecule has 7 heteroatoms. The molecule has 0 aliphatic rings. The van der Waals surface area contributed by atoms with Gasteiger partial charge in [0.2, 0.25) is 0 Å². The van der Waals surface area contributed by atoms with Crippen molar-refractivity contribution in [3.63, 3.8) is 0 Å². The van der Waals surface area contributed by atoms with Crippen LogP contribution in [-0.4, -0.2) is 38.4 Å². The highest BCUT2D eigenvalue weighted by molar-refractivity contribution is 14.1. The number of hydrogen-bond donors (Lipinski definition) is 1. The first-order valence-electron chi connectivity index (χ1n) is 5.89. The van der Waals surface area contributed by atoms with Gasteiger partial charge in [0.05, 0.1) is 18.1 Å². The molecule has 0 spiro atoms. The minimum Gasteiger partial charge on any atom is -0.384 e. The molecular weight excluding hydrogens is 363 g/mol. The third-order valence-electron chi connectivity index (χ3n) is 2.38. The van der Waals surface area contributed by atoms with E-state index in [1.165, 1.54) is 6.07 Å². The largest absolute Gasteiger partial charge is 0.384 e. The number of halogens is 1. The Balaban J connectivity index is 2.28. The van der Waals surface area contributed by atoms with Gasteiger partial charge in [0.25, 0.3) is 5.69 Å². The second-order valence-electron chi connectivity index (χ2n) is 3.81. The molecule has 0 heterocycles. The van der Waals surface area contributed by atoms with Crippen LogP contribution < -0.4 is 5.32 Å². The van der Waals surface area contributed by atoms with Gasteiger partial charge < -0.3 is 14.8 Å². The fraction of sp³-hybridized carbons (Fsp3) is 0.500. The first-order chi connectivity index (χ1) is 9.15. The summed E-state index contributed by atoms with van der Waals surface area (Å²) in [5.41, 5.74) is 1.01. The molecule has 0 bridgehead atoms. The van der Waals surface area contributed by atoms with E-state index in [4.69, 9.17) is 9.47 Å². The fourth-order valence-electron chi connectivity index (χ4n) is 1.40. The van der Waals surface area contributed by atoms with Crippen LogP contribution in [0.5, 0.6) is 0 Å². The van der Waals surface area contributed by atoms with E-state index in [0.29, 0.717) is 19.8 Å². The number of ether oxygens (including phenoxy) is 2. The second kappa shape index (κ2) is 9.05. The number of benzene rings is 1. The maximum Gasteiger partial charge on any atom is 0.270 e. The topological polar surface area (TPSA) is 73.6 Å². The Morgan fingerprint density at radius 1 is 1.37 bits per heavy atom. The number of methoxy groups -OCH3 is 1. The molecular formula is C12H17IN2O4. The van der Waals surface area contributed by atoms with Gasteiger partial charge >= 0.3 is 0 Å². The molecule has 0 aliphatic carbocycles. The number of nitro groups is 1. The quantitative estimate of drug-likeness (QED) is 0.309. The highest BCUT2D eigenvalue weighted by atomic mass is 127. The molecule has 1 aromatic carbocycles. The smallest absolute Gasteiger partial charge is 0.270 e. The van der Waals surface area contributed by atoms with Gasteiger partial charge in [-0.25, -0.2) is 0 Å². The predicted octanol–water partition coefficient (Wildman–Crippen LogP) is 2.66. The summed E-state index contributed by atoms with van der Waals surface area (Å²) in [5.74, 6) is 0. The normalized spacial score (nSPS) is 10.4. The van der Waals surface area contributed by atoms with Crippen LogP contribution in [-0.2, 0) is 9.47 Å². The molecule has 0 aromatic heterocycles. The SMILES string of the molecule is COCCOCCCNc1ccc([N+](=O)[O-])cc1I. The van der Waals surface area contributed by atoms with E-state index >= 15 is 0 Å². The maximum atomic E-state index is 10.6. The standard InChI is InChI=1S/C12H17IN2O4/c1-18-7-8-19-6-2-5-14-12-4-3-10(15(16)17)9-11(12)13/h3-4,9,14H,2,5-8H2,1H3. The van der Waals surface area contributed by atoms with E-state index in [9.17, 15) is 10.1 Å². The Bertz CT molecular complexity index is 415. The zero-order chi connectivity index (χ0) is 14.1. The Morgan fingerprint density at radius 2 is 2.16 bits per heavy atom. The van der Waals surface area contributed by atoms with Crippen molar-refractivity contribution in [2.75, 3.05) is 38.8 Å². The monoisotopic (exact) mass is 380 g/mol. The predicted molar refractivity (Wildman–Crippen MR) is 81.6 cm³/mol. The molecule has 0 aliphatic heterocycles. The molecule has 106 valence electrons. The number of anilines is 1. The minimum atomic E-state index is -0.393. The Kier molecular flexibility index (Phi) is 7.68. The van der Waals surface area contributed by atoms with Crippen molar-refractivity contribution in [3.05, 3.63) is 31.9 Å². The number of rotatable bonds is 9. The molecule has 19 heavy (non-hydrogen) atoms. The van der Waals surface area contributed by atoms with Crippen molar-refractivity contribution in [2.24, 2.45) is 0 Å². The molecule has 1 aromatic rings. The summed E-state index contributed by atoms with van der Waals surface area (Å²) in [7, 11) is 1.64. The summed E-state index contributed by atoms with van der Waals surface area (Å²) >= 11 is 2.08. The Morgan fingerprint density at radius 3 is 2.79 bits per heavy atom. The summed E-state index contributed by atoms with van der Waals surface area (Å²) in [5, 5.41) is 13.8. The van der Waals surface area contributed by atoms with E-state index in [1.54, 1.807) is 19.2 Å². The van der Waals surface area contributed by atoms with Gasteiger partial charge in [0.15, 0.2) is 0 Å². The molecule has 0 unspecified atom stereocenters. The van der Waals surface area contributed by atoms with Crippen molar-refractivity contribution in [1.82, 2.24) is 0 Å². The number of nitro benzene ring substituents is 1. The van der Waals surface area contributed by atoms with E-state index < -0.39 is 4.92 Å². The zero-order valence-corrected chi connectivity index (χ0v) is 12.9. The summed E-state index contributed by atoms with van der Waals surface area (Å²) in [6, 6.07) is 4.78. The molecule has 0 saturated carbocycles. The van der Waals surface area contributed by atoms with Crippen LogP contribution in [0, 0.1) is 13.7 Å². The van der Waals surface area contributed by atoms with Crippen molar-refractivity contribution in [3.8, 4) is 0 Å². The molecule has 0 saturated heterocycles. The van der Waals surface area contributed by atoms with Crippen LogP contribution in [0.4, 0.5) is 11.4 Å². The molecule has 0 fully saturated rings. The van der Waals surface area contributed by atoms with Gasteiger partial charge in [-0.3, -0.25) is 10.1 Å². The van der Waals surface area contributed by atoms with E-state index in [2.05, 4.69) is 27.9 Å². The number of nitrogens with one attached hydrogen (secondary N) is 1. The molecule has 1 N–H and O–H groups in total. The average molecular weight is 380 g/mol. The number of non-ortho nitro benzene ring substituents is 1. The van der Waals surface area contributed by atoms with Crippen LogP contribution in [0.2, 0.25) is 0 Å². The van der Waals surface area contributed by atoms with E-state index in [1.807, 2.05) is 0 Å². The summed E-state index contributed by atoms with van der Waals surface area (Å²) in [4.78, 5) is 10.2. The number of nitrogens with zero attached hydrogens (tertiary/aromatic N) is 1. The fourth-order valence-corrected chi connectivity index (χ4v) is 2.09. The number of hydrogen-bond acceptors (Lipinski definition) is 5. The summed E-state index contributed by atoms with van der Waals surface area (Å²) < 4.78 is 11.0. The van der Waals surface area contributed by atoms with Crippen LogP contribution in [0.3, 0.4) is 0 Å². The van der Waals surface area contributed by atoms with Gasteiger partial charge in [-0.1, -0.05) is 0 Å². The highest BCUT2D eigenvalue weighted by Gasteiger charge is 2.08. The lowest BCUT2D eigenvalue weighted by atomic mass is 10.3. The van der Waals surface area contributed by atoms with Crippen LogP contribution in [0.15, 0.2) is 18.2 Å². The van der Waals surface area contributed by atoms with Crippen LogP contribution in [0.25, 0.3) is 0 Å². The maximum absolute atomic E-state index is 10.6. The van der Waals surface area contributed by atoms with E-state index in [0.717, 1.165) is 22.2 Å². The van der Waals surface area contributed by atoms with Crippen LogP contribution >= 0.6 is 22.6 Å². The molecule has 0 radical (unpaired) electrons. The lowest BCUT2D eigenvalue weighted by Crippen LogP contribution is -2.09. The lowest BCUT2D eigenvalue weighted by molar-refractivity contribution is -0.384. The second-order valence-corrected chi connectivity index (χ2v) is 4.97. The Labute approximate surface area is 125 Å².